The summed E-state index contributed by atoms with van der Waals surface area (Å²) in [6.45, 7) is 0. The van der Waals surface area contributed by atoms with Gasteiger partial charge in [0.15, 0.2) is 0 Å². The third-order valence-corrected chi connectivity index (χ3v) is 3.14. The van der Waals surface area contributed by atoms with Gasteiger partial charge in [-0.05, 0) is 42.3 Å². The number of benzene rings is 1. The lowest BCUT2D eigenvalue weighted by Gasteiger charge is -2.07. The Morgan fingerprint density at radius 3 is 2.58 bits per heavy atom. The molecule has 19 heavy (non-hydrogen) atoms. The predicted molar refractivity (Wildman–Crippen MR) is 77.6 cm³/mol. The number of nitrogens with zero attached hydrogens (tertiary/aromatic N) is 1. The zero-order chi connectivity index (χ0) is 13.7. The summed E-state index contributed by atoms with van der Waals surface area (Å²) in [7, 11) is 0. The molecule has 1 heterocycles. The van der Waals surface area contributed by atoms with Crippen LogP contribution in [-0.4, -0.2) is 10.9 Å². The Morgan fingerprint density at radius 1 is 1.16 bits per heavy atom. The van der Waals surface area contributed by atoms with Crippen LogP contribution in [0.1, 0.15) is 12.0 Å². The van der Waals surface area contributed by atoms with Crippen LogP contribution < -0.4 is 5.32 Å². The Kier molecular flexibility index (Phi) is 4.77. The van der Waals surface area contributed by atoms with Crippen LogP contribution in [0.3, 0.4) is 0 Å². The molecule has 1 aromatic carbocycles. The quantitative estimate of drug-likeness (QED) is 0.927. The summed E-state index contributed by atoms with van der Waals surface area (Å²) in [5.74, 6) is -0.0824. The molecule has 5 heteroatoms. The number of carbonyl (C=O) groups is 1. The largest absolute Gasteiger partial charge is 0.325 e. The summed E-state index contributed by atoms with van der Waals surface area (Å²) in [4.78, 5) is 15.7. The van der Waals surface area contributed by atoms with Gasteiger partial charge in [-0.25, -0.2) is 0 Å². The molecular weight excluding hydrogens is 283 g/mol. The Balaban J connectivity index is 1.91. The van der Waals surface area contributed by atoms with Crippen molar-refractivity contribution in [3.63, 3.8) is 0 Å². The molecule has 0 spiro atoms. The second-order valence-corrected chi connectivity index (χ2v) is 4.87. The lowest BCUT2D eigenvalue weighted by atomic mass is 10.1. The zero-order valence-corrected chi connectivity index (χ0v) is 11.6. The average Bonchev–Trinajstić information content (AvgIpc) is 2.41. The number of hydrogen-bond acceptors (Lipinski definition) is 2. The van der Waals surface area contributed by atoms with E-state index >= 15 is 0 Å². The van der Waals surface area contributed by atoms with Crippen LogP contribution in [0.25, 0.3) is 0 Å². The van der Waals surface area contributed by atoms with Crippen molar-refractivity contribution < 1.29 is 4.79 Å². The molecule has 0 unspecified atom stereocenters. The number of pyridine rings is 1. The van der Waals surface area contributed by atoms with E-state index in [4.69, 9.17) is 23.2 Å². The van der Waals surface area contributed by atoms with Gasteiger partial charge in [0.2, 0.25) is 5.91 Å². The van der Waals surface area contributed by atoms with Crippen LogP contribution in [0.15, 0.2) is 42.7 Å². The maximum atomic E-state index is 11.8. The number of halogens is 2. The Bertz CT molecular complexity index is 573. The van der Waals surface area contributed by atoms with Gasteiger partial charge in [-0.15, -0.1) is 0 Å². The van der Waals surface area contributed by atoms with Crippen molar-refractivity contribution in [3.05, 3.63) is 58.3 Å². The number of aromatic nitrogens is 1. The number of amides is 1. The monoisotopic (exact) mass is 294 g/mol. The fourth-order valence-corrected chi connectivity index (χ4v) is 2.07. The highest BCUT2D eigenvalue weighted by molar-refractivity contribution is 6.36. The molecule has 3 nitrogen and oxygen atoms in total. The number of nitrogens with one attached hydrogen (secondary N) is 1. The molecule has 1 aromatic heterocycles. The normalized spacial score (nSPS) is 10.2. The van der Waals surface area contributed by atoms with Crippen LogP contribution in [0.5, 0.6) is 0 Å². The summed E-state index contributed by atoms with van der Waals surface area (Å²) in [5.41, 5.74) is 1.65. The summed E-state index contributed by atoms with van der Waals surface area (Å²) in [5, 5.41) is 3.74. The van der Waals surface area contributed by atoms with Crippen molar-refractivity contribution in [3.8, 4) is 0 Å². The van der Waals surface area contributed by atoms with E-state index < -0.39 is 0 Å². The van der Waals surface area contributed by atoms with Crippen molar-refractivity contribution in [1.29, 1.82) is 0 Å². The van der Waals surface area contributed by atoms with E-state index in [1.807, 2.05) is 12.1 Å². The minimum absolute atomic E-state index is 0.0824. The van der Waals surface area contributed by atoms with Crippen LogP contribution in [0.4, 0.5) is 5.69 Å². The molecule has 0 aliphatic heterocycles. The lowest BCUT2D eigenvalue weighted by molar-refractivity contribution is -0.116. The first kappa shape index (κ1) is 13.8. The molecular formula is C14H12Cl2N2O. The van der Waals surface area contributed by atoms with Crippen molar-refractivity contribution in [1.82, 2.24) is 4.98 Å². The molecule has 0 radical (unpaired) electrons. The van der Waals surface area contributed by atoms with E-state index in [-0.39, 0.29) is 5.91 Å². The molecule has 0 aliphatic rings. The van der Waals surface area contributed by atoms with E-state index in [1.165, 1.54) is 0 Å². The summed E-state index contributed by atoms with van der Waals surface area (Å²) >= 11 is 11.8. The third-order valence-electron chi connectivity index (χ3n) is 2.60. The number of anilines is 1. The van der Waals surface area contributed by atoms with Crippen LogP contribution in [0, 0.1) is 0 Å². The van der Waals surface area contributed by atoms with Gasteiger partial charge in [0.05, 0.1) is 10.7 Å². The predicted octanol–water partition coefficient (Wildman–Crippen LogP) is 3.96. The lowest BCUT2D eigenvalue weighted by Crippen LogP contribution is -2.12. The minimum Gasteiger partial charge on any atom is -0.325 e. The van der Waals surface area contributed by atoms with Crippen molar-refractivity contribution in [2.45, 2.75) is 12.8 Å². The molecule has 0 fully saturated rings. The minimum atomic E-state index is -0.0824. The van der Waals surface area contributed by atoms with E-state index in [0.717, 1.165) is 5.56 Å². The van der Waals surface area contributed by atoms with E-state index in [1.54, 1.807) is 30.6 Å². The Morgan fingerprint density at radius 2 is 1.89 bits per heavy atom. The highest BCUT2D eigenvalue weighted by Gasteiger charge is 2.06. The zero-order valence-electron chi connectivity index (χ0n) is 10.1. The standard InChI is InChI=1S/C14H12Cl2N2O/c15-11-2-3-13(12(16)9-11)18-14(19)4-1-10-5-7-17-8-6-10/h2-3,5-9H,1,4H2,(H,18,19). The first-order valence-corrected chi connectivity index (χ1v) is 6.54. The van der Waals surface area contributed by atoms with Crippen molar-refractivity contribution >= 4 is 34.8 Å². The van der Waals surface area contributed by atoms with Gasteiger partial charge in [-0.2, -0.15) is 0 Å². The maximum Gasteiger partial charge on any atom is 0.224 e. The maximum absolute atomic E-state index is 11.8. The van der Waals surface area contributed by atoms with Gasteiger partial charge in [0.25, 0.3) is 0 Å². The summed E-state index contributed by atoms with van der Waals surface area (Å²) in [6, 6.07) is 8.76. The van der Waals surface area contributed by atoms with Gasteiger partial charge in [-0.1, -0.05) is 23.2 Å². The van der Waals surface area contributed by atoms with Crippen LogP contribution in [0.2, 0.25) is 10.0 Å². The second-order valence-electron chi connectivity index (χ2n) is 4.03. The number of rotatable bonds is 4. The number of hydrogen-bond donors (Lipinski definition) is 1. The second kappa shape index (κ2) is 6.55. The highest BCUT2D eigenvalue weighted by atomic mass is 35.5. The average molecular weight is 295 g/mol. The molecule has 98 valence electrons. The third kappa shape index (κ3) is 4.23. The topological polar surface area (TPSA) is 42.0 Å². The van der Waals surface area contributed by atoms with Crippen molar-refractivity contribution in [2.24, 2.45) is 0 Å². The molecule has 0 bridgehead atoms. The summed E-state index contributed by atoms with van der Waals surface area (Å²) < 4.78 is 0. The smallest absolute Gasteiger partial charge is 0.224 e. The molecule has 0 atom stereocenters. The molecule has 1 N–H and O–H groups in total. The molecule has 0 saturated heterocycles. The molecule has 2 aromatic rings. The van der Waals surface area contributed by atoms with E-state index in [2.05, 4.69) is 10.3 Å². The molecule has 1 amide bonds. The highest BCUT2D eigenvalue weighted by Crippen LogP contribution is 2.25. The van der Waals surface area contributed by atoms with Gasteiger partial charge in [-0.3, -0.25) is 9.78 Å². The van der Waals surface area contributed by atoms with Gasteiger partial charge >= 0.3 is 0 Å². The fourth-order valence-electron chi connectivity index (χ4n) is 1.61. The van der Waals surface area contributed by atoms with Gasteiger partial charge < -0.3 is 5.32 Å². The van der Waals surface area contributed by atoms with Crippen molar-refractivity contribution in [2.75, 3.05) is 5.32 Å². The van der Waals surface area contributed by atoms with Crippen LogP contribution >= 0.6 is 23.2 Å². The number of aryl methyl sites for hydroxylation is 1. The van der Waals surface area contributed by atoms with Crippen LogP contribution in [-0.2, 0) is 11.2 Å². The van der Waals surface area contributed by atoms with E-state index in [0.29, 0.717) is 28.6 Å². The Labute approximate surface area is 121 Å². The van der Waals surface area contributed by atoms with Gasteiger partial charge in [0.1, 0.15) is 0 Å². The molecule has 0 aliphatic carbocycles. The fraction of sp³-hybridized carbons (Fsp3) is 0.143. The summed E-state index contributed by atoms with van der Waals surface area (Å²) in [6.07, 6.45) is 4.48. The van der Waals surface area contributed by atoms with E-state index in [9.17, 15) is 4.79 Å². The van der Waals surface area contributed by atoms with Gasteiger partial charge in [0, 0.05) is 23.8 Å². The molecule has 0 saturated carbocycles. The number of carbonyl (C=O) groups excluding carboxylic acids is 1. The molecule has 2 rings (SSSR count). The first-order chi connectivity index (χ1) is 9.15. The SMILES string of the molecule is O=C(CCc1ccncc1)Nc1ccc(Cl)cc1Cl. The first-order valence-electron chi connectivity index (χ1n) is 5.79. The Hall–Kier alpha value is -1.58.